The monoisotopic (exact) mass is 362 g/mol. The number of carbonyl (C=O) groups excluding carboxylic acids is 1. The van der Waals surface area contributed by atoms with Crippen LogP contribution < -0.4 is 10.2 Å². The molecule has 1 amide bonds. The predicted octanol–water partition coefficient (Wildman–Crippen LogP) is 2.58. The van der Waals surface area contributed by atoms with E-state index >= 15 is 0 Å². The zero-order valence-corrected chi connectivity index (χ0v) is 14.1. The number of hydrogen-bond acceptors (Lipinski definition) is 3. The maximum Gasteiger partial charge on any atom is 0.268 e. The van der Waals surface area contributed by atoms with Crippen molar-refractivity contribution < 1.29 is 4.79 Å². The summed E-state index contributed by atoms with van der Waals surface area (Å²) >= 11 is 3.40. The van der Waals surface area contributed by atoms with Crippen molar-refractivity contribution in [3.05, 3.63) is 46.8 Å². The number of aromatic nitrogens is 2. The van der Waals surface area contributed by atoms with Crippen LogP contribution in [0.25, 0.3) is 0 Å². The van der Waals surface area contributed by atoms with Gasteiger partial charge in [-0.3, -0.25) is 4.79 Å². The van der Waals surface area contributed by atoms with Crippen LogP contribution >= 0.6 is 15.9 Å². The summed E-state index contributed by atoms with van der Waals surface area (Å²) in [6.45, 7) is 1.83. The minimum absolute atomic E-state index is 0.00974. The highest BCUT2D eigenvalue weighted by atomic mass is 79.9. The molecule has 5 nitrogen and oxygen atoms in total. The summed E-state index contributed by atoms with van der Waals surface area (Å²) in [7, 11) is 1.88. The zero-order chi connectivity index (χ0) is 15.5. The Bertz CT molecular complexity index is 647. The van der Waals surface area contributed by atoms with Gasteiger partial charge in [-0.1, -0.05) is 6.07 Å². The minimum Gasteiger partial charge on any atom is -0.356 e. The van der Waals surface area contributed by atoms with E-state index in [9.17, 15) is 4.79 Å². The molecule has 3 rings (SSSR count). The van der Waals surface area contributed by atoms with Gasteiger partial charge in [-0.05, 0) is 47.0 Å². The average Bonchev–Trinajstić information content (AvgIpc) is 2.88. The zero-order valence-electron chi connectivity index (χ0n) is 12.5. The first-order valence-corrected chi connectivity index (χ1v) is 8.21. The van der Waals surface area contributed by atoms with Gasteiger partial charge in [0.25, 0.3) is 5.91 Å². The second-order valence-electron chi connectivity index (χ2n) is 5.58. The summed E-state index contributed by atoms with van der Waals surface area (Å²) in [5, 5.41) is 3.13. The van der Waals surface area contributed by atoms with E-state index in [1.807, 2.05) is 48.3 Å². The summed E-state index contributed by atoms with van der Waals surface area (Å²) in [5.41, 5.74) is 0.680. The predicted molar refractivity (Wildman–Crippen MR) is 90.1 cm³/mol. The molecular weight excluding hydrogens is 344 g/mol. The quantitative estimate of drug-likeness (QED) is 0.912. The summed E-state index contributed by atoms with van der Waals surface area (Å²) < 4.78 is 2.76. The Morgan fingerprint density at radius 2 is 2.14 bits per heavy atom. The first-order chi connectivity index (χ1) is 10.6. The molecule has 0 aliphatic carbocycles. The van der Waals surface area contributed by atoms with Gasteiger partial charge < -0.3 is 14.8 Å². The first kappa shape index (κ1) is 15.1. The van der Waals surface area contributed by atoms with Crippen LogP contribution in [0, 0.1) is 0 Å². The second kappa shape index (κ2) is 6.52. The number of nitrogens with zero attached hydrogens (tertiary/aromatic N) is 3. The van der Waals surface area contributed by atoms with Gasteiger partial charge in [0.1, 0.15) is 11.5 Å². The van der Waals surface area contributed by atoms with Crippen molar-refractivity contribution in [3.8, 4) is 0 Å². The van der Waals surface area contributed by atoms with Gasteiger partial charge in [0, 0.05) is 43.0 Å². The van der Waals surface area contributed by atoms with Crippen LogP contribution in [0.15, 0.2) is 41.1 Å². The molecule has 3 heterocycles. The van der Waals surface area contributed by atoms with E-state index in [4.69, 9.17) is 0 Å². The fraction of sp³-hybridized carbons (Fsp3) is 0.375. The molecule has 0 unspecified atom stereocenters. The fourth-order valence-electron chi connectivity index (χ4n) is 2.80. The Kier molecular flexibility index (Phi) is 4.47. The number of pyridine rings is 1. The lowest BCUT2D eigenvalue weighted by molar-refractivity contribution is 0.0923. The van der Waals surface area contributed by atoms with Gasteiger partial charge in [0.2, 0.25) is 0 Å². The third-order valence-corrected chi connectivity index (χ3v) is 4.44. The fourth-order valence-corrected chi connectivity index (χ4v) is 3.33. The van der Waals surface area contributed by atoms with Gasteiger partial charge in [-0.15, -0.1) is 0 Å². The van der Waals surface area contributed by atoms with E-state index in [0.717, 1.165) is 36.2 Å². The lowest BCUT2D eigenvalue weighted by Gasteiger charge is -2.33. The topological polar surface area (TPSA) is 50.2 Å². The molecule has 6 heteroatoms. The molecule has 0 bridgehead atoms. The van der Waals surface area contributed by atoms with E-state index in [0.29, 0.717) is 5.69 Å². The van der Waals surface area contributed by atoms with Crippen molar-refractivity contribution in [2.75, 3.05) is 18.0 Å². The molecule has 1 N–H and O–H groups in total. The number of aryl methyl sites for hydroxylation is 1. The highest BCUT2D eigenvalue weighted by Crippen LogP contribution is 2.18. The van der Waals surface area contributed by atoms with E-state index in [-0.39, 0.29) is 11.9 Å². The molecular formula is C16H19BrN4O. The van der Waals surface area contributed by atoms with Crippen molar-refractivity contribution >= 4 is 27.7 Å². The smallest absolute Gasteiger partial charge is 0.268 e. The highest BCUT2D eigenvalue weighted by Gasteiger charge is 2.22. The highest BCUT2D eigenvalue weighted by molar-refractivity contribution is 9.10. The summed E-state index contributed by atoms with van der Waals surface area (Å²) in [4.78, 5) is 19.0. The molecule has 2 aromatic heterocycles. The molecule has 0 atom stereocenters. The Morgan fingerprint density at radius 3 is 2.73 bits per heavy atom. The number of rotatable bonds is 3. The molecule has 116 valence electrons. The molecule has 1 saturated heterocycles. The number of anilines is 1. The minimum atomic E-state index is -0.00974. The molecule has 1 aliphatic heterocycles. The normalized spacial score (nSPS) is 15.8. The van der Waals surface area contributed by atoms with Gasteiger partial charge in [-0.2, -0.15) is 0 Å². The Hall–Kier alpha value is -1.82. The molecule has 1 aliphatic rings. The van der Waals surface area contributed by atoms with Gasteiger partial charge in [0.05, 0.1) is 0 Å². The third-order valence-electron chi connectivity index (χ3n) is 4.01. The van der Waals surface area contributed by atoms with Crippen molar-refractivity contribution in [1.29, 1.82) is 0 Å². The van der Waals surface area contributed by atoms with Crippen LogP contribution in [-0.2, 0) is 7.05 Å². The Balaban J connectivity index is 1.56. The maximum absolute atomic E-state index is 12.3. The number of hydrogen-bond donors (Lipinski definition) is 1. The SMILES string of the molecule is Cn1cc(Br)cc1C(=O)NC1CCN(c2ccccn2)CC1. The van der Waals surface area contributed by atoms with Crippen molar-refractivity contribution in [2.45, 2.75) is 18.9 Å². The van der Waals surface area contributed by atoms with Gasteiger partial charge in [-0.25, -0.2) is 4.98 Å². The summed E-state index contributed by atoms with van der Waals surface area (Å²) in [6, 6.07) is 8.03. The van der Waals surface area contributed by atoms with E-state index in [1.165, 1.54) is 0 Å². The van der Waals surface area contributed by atoms with Crippen LogP contribution in [0.4, 0.5) is 5.82 Å². The van der Waals surface area contributed by atoms with E-state index in [2.05, 4.69) is 31.1 Å². The third kappa shape index (κ3) is 3.32. The molecule has 1 fully saturated rings. The molecule has 0 spiro atoms. The summed E-state index contributed by atoms with van der Waals surface area (Å²) in [6.07, 6.45) is 5.58. The number of piperidine rings is 1. The second-order valence-corrected chi connectivity index (χ2v) is 6.49. The largest absolute Gasteiger partial charge is 0.356 e. The lowest BCUT2D eigenvalue weighted by Crippen LogP contribution is -2.45. The standard InChI is InChI=1S/C16H19BrN4O/c1-20-11-12(17)10-14(20)16(22)19-13-5-8-21(9-6-13)15-4-2-3-7-18-15/h2-4,7,10-11,13H,5-6,8-9H2,1H3,(H,19,22). The van der Waals surface area contributed by atoms with Crippen molar-refractivity contribution in [1.82, 2.24) is 14.9 Å². The average molecular weight is 363 g/mol. The molecule has 2 aromatic rings. The number of nitrogens with one attached hydrogen (secondary N) is 1. The Labute approximate surface area is 138 Å². The maximum atomic E-state index is 12.3. The van der Waals surface area contributed by atoms with Crippen LogP contribution in [0.3, 0.4) is 0 Å². The number of halogens is 1. The lowest BCUT2D eigenvalue weighted by atomic mass is 10.0. The van der Waals surface area contributed by atoms with Crippen LogP contribution in [0.1, 0.15) is 23.3 Å². The molecule has 22 heavy (non-hydrogen) atoms. The van der Waals surface area contributed by atoms with Gasteiger partial charge in [0.15, 0.2) is 0 Å². The van der Waals surface area contributed by atoms with Crippen molar-refractivity contribution in [3.63, 3.8) is 0 Å². The molecule has 0 aromatic carbocycles. The Morgan fingerprint density at radius 1 is 1.36 bits per heavy atom. The van der Waals surface area contributed by atoms with E-state index < -0.39 is 0 Å². The number of amides is 1. The van der Waals surface area contributed by atoms with Crippen LogP contribution in [0.2, 0.25) is 0 Å². The number of carbonyl (C=O) groups is 1. The van der Waals surface area contributed by atoms with Gasteiger partial charge >= 0.3 is 0 Å². The molecule has 0 radical (unpaired) electrons. The van der Waals surface area contributed by atoms with Crippen LogP contribution in [0.5, 0.6) is 0 Å². The molecule has 0 saturated carbocycles. The van der Waals surface area contributed by atoms with Crippen molar-refractivity contribution in [2.24, 2.45) is 7.05 Å². The summed E-state index contributed by atoms with van der Waals surface area (Å²) in [5.74, 6) is 1.00. The van der Waals surface area contributed by atoms with Crippen LogP contribution in [-0.4, -0.2) is 34.6 Å². The van der Waals surface area contributed by atoms with E-state index in [1.54, 1.807) is 0 Å². The first-order valence-electron chi connectivity index (χ1n) is 7.42.